The number of hydrogen-bond donors (Lipinski definition) is 1. The van der Waals surface area contributed by atoms with Crippen LogP contribution in [0.15, 0.2) is 24.3 Å². The highest BCUT2D eigenvalue weighted by Gasteiger charge is 2.58. The van der Waals surface area contributed by atoms with Gasteiger partial charge < -0.3 is 15.2 Å². The minimum atomic E-state index is -0.948. The van der Waals surface area contributed by atoms with Crippen molar-refractivity contribution >= 4 is 5.71 Å². The minimum absolute atomic E-state index is 0.525. The van der Waals surface area contributed by atoms with Crippen LogP contribution < -0.4 is 4.74 Å². The zero-order valence-electron chi connectivity index (χ0n) is 14.1. The fraction of sp³-hybridized carbons (Fsp3) is 0.588. The van der Waals surface area contributed by atoms with E-state index in [1.54, 1.807) is 6.92 Å². The van der Waals surface area contributed by atoms with Gasteiger partial charge in [-0.15, -0.1) is 5.06 Å². The van der Waals surface area contributed by atoms with E-state index in [-0.39, 0.29) is 0 Å². The molecule has 2 rings (SSSR count). The van der Waals surface area contributed by atoms with Gasteiger partial charge >= 0.3 is 0 Å². The molecule has 0 spiro atoms. The second-order valence-corrected chi connectivity index (χ2v) is 6.46. The first-order chi connectivity index (χ1) is 10.3. The molecule has 122 valence electrons. The van der Waals surface area contributed by atoms with E-state index >= 15 is 0 Å². The van der Waals surface area contributed by atoms with E-state index in [0.717, 1.165) is 22.5 Å². The molecule has 22 heavy (non-hydrogen) atoms. The van der Waals surface area contributed by atoms with Crippen molar-refractivity contribution in [3.05, 3.63) is 35.0 Å². The van der Waals surface area contributed by atoms with Crippen LogP contribution in [0.1, 0.15) is 53.0 Å². The van der Waals surface area contributed by atoms with Gasteiger partial charge in [0, 0.05) is 18.9 Å². The molecule has 5 nitrogen and oxygen atoms in total. The van der Waals surface area contributed by atoms with Crippen LogP contribution in [0.25, 0.3) is 0 Å². The van der Waals surface area contributed by atoms with Crippen LogP contribution in [0.3, 0.4) is 0 Å². The van der Waals surface area contributed by atoms with E-state index in [4.69, 9.17) is 4.74 Å². The van der Waals surface area contributed by atoms with E-state index in [0.29, 0.717) is 18.7 Å². The summed E-state index contributed by atoms with van der Waals surface area (Å²) >= 11 is 0. The summed E-state index contributed by atoms with van der Waals surface area (Å²) in [4.78, 5) is 0. The topological polar surface area (TPSA) is 58.8 Å². The molecular weight excluding hydrogens is 280 g/mol. The molecule has 5 heteroatoms. The van der Waals surface area contributed by atoms with Crippen LogP contribution >= 0.6 is 0 Å². The fourth-order valence-corrected chi connectivity index (χ4v) is 2.97. The van der Waals surface area contributed by atoms with Crippen molar-refractivity contribution in [1.29, 1.82) is 0 Å². The normalized spacial score (nSPS) is 24.8. The van der Waals surface area contributed by atoms with Gasteiger partial charge in [0.25, 0.3) is 0 Å². The maximum absolute atomic E-state index is 12.8. The highest BCUT2D eigenvalue weighted by atomic mass is 16.6. The summed E-state index contributed by atoms with van der Waals surface area (Å²) in [5.74, 6) is 0.790. The Balaban J connectivity index is 2.41. The lowest BCUT2D eigenvalue weighted by atomic mass is 9.92. The van der Waals surface area contributed by atoms with Gasteiger partial charge in [-0.1, -0.05) is 13.8 Å². The minimum Gasteiger partial charge on any atom is -0.622 e. The number of rotatable bonds is 5. The van der Waals surface area contributed by atoms with Gasteiger partial charge in [-0.2, -0.15) is 4.74 Å². The molecule has 1 N–H and O–H groups in total. The Kier molecular flexibility index (Phi) is 4.49. The predicted molar refractivity (Wildman–Crippen MR) is 86.4 cm³/mol. The molecule has 1 aromatic carbocycles. The second kappa shape index (κ2) is 5.89. The SMILES string of the molecule is CCCOc1ccc(C2=[N+]([O-])[C@](C)(CC)N(O)C2(C)C)cc1. The summed E-state index contributed by atoms with van der Waals surface area (Å²) in [7, 11) is 0. The number of ether oxygens (including phenoxy) is 1. The van der Waals surface area contributed by atoms with Crippen molar-refractivity contribution in [3.63, 3.8) is 0 Å². The van der Waals surface area contributed by atoms with Crippen molar-refractivity contribution in [2.45, 2.75) is 58.7 Å². The van der Waals surface area contributed by atoms with Gasteiger partial charge in [0.15, 0.2) is 0 Å². The molecule has 1 heterocycles. The van der Waals surface area contributed by atoms with Crippen molar-refractivity contribution in [1.82, 2.24) is 5.06 Å². The maximum atomic E-state index is 12.8. The molecular formula is C17H26N2O3. The summed E-state index contributed by atoms with van der Waals surface area (Å²) in [5, 5.41) is 24.5. The molecule has 0 amide bonds. The Morgan fingerprint density at radius 1 is 1.18 bits per heavy atom. The van der Waals surface area contributed by atoms with Crippen LogP contribution in [-0.4, -0.2) is 38.5 Å². The zero-order chi connectivity index (χ0) is 16.5. The lowest BCUT2D eigenvalue weighted by Gasteiger charge is -2.32. The second-order valence-electron chi connectivity index (χ2n) is 6.46. The van der Waals surface area contributed by atoms with Crippen molar-refractivity contribution in [2.24, 2.45) is 0 Å². The Morgan fingerprint density at radius 2 is 1.77 bits per heavy atom. The lowest BCUT2D eigenvalue weighted by Crippen LogP contribution is -2.52. The number of benzene rings is 1. The third-order valence-electron chi connectivity index (χ3n) is 4.48. The lowest BCUT2D eigenvalue weighted by molar-refractivity contribution is -0.586. The molecule has 1 aliphatic rings. The Hall–Kier alpha value is -1.59. The van der Waals surface area contributed by atoms with Crippen molar-refractivity contribution < 1.29 is 14.7 Å². The van der Waals surface area contributed by atoms with Crippen LogP contribution in [-0.2, 0) is 0 Å². The molecule has 0 aliphatic carbocycles. The summed E-state index contributed by atoms with van der Waals surface area (Å²) in [6, 6.07) is 7.49. The van der Waals surface area contributed by atoms with E-state index in [1.165, 1.54) is 5.06 Å². The van der Waals surface area contributed by atoms with Gasteiger partial charge in [0.1, 0.15) is 11.3 Å². The standard InChI is InChI=1S/C17H26N2O3/c1-6-12-22-14-10-8-13(9-11-14)15-16(3,4)19(21)17(5,7-2)18(15)20/h8-11,21H,6-7,12H2,1-5H3/t17-/m0/s1. The van der Waals surface area contributed by atoms with Crippen LogP contribution in [0.4, 0.5) is 0 Å². The molecule has 1 aromatic rings. The molecule has 0 aromatic heterocycles. The van der Waals surface area contributed by atoms with Gasteiger partial charge in [0.2, 0.25) is 11.4 Å². The molecule has 0 saturated carbocycles. The zero-order valence-corrected chi connectivity index (χ0v) is 14.1. The highest BCUT2D eigenvalue weighted by molar-refractivity contribution is 6.04. The third-order valence-corrected chi connectivity index (χ3v) is 4.48. The van der Waals surface area contributed by atoms with Crippen molar-refractivity contribution in [3.8, 4) is 5.75 Å². The Labute approximate surface area is 132 Å². The highest BCUT2D eigenvalue weighted by Crippen LogP contribution is 2.37. The number of hydroxylamine groups is 3. The van der Waals surface area contributed by atoms with E-state index in [2.05, 4.69) is 6.92 Å². The molecule has 0 unspecified atom stereocenters. The van der Waals surface area contributed by atoms with Crippen LogP contribution in [0.5, 0.6) is 5.75 Å². The maximum Gasteiger partial charge on any atom is 0.248 e. The first-order valence-electron chi connectivity index (χ1n) is 7.86. The summed E-state index contributed by atoms with van der Waals surface area (Å²) < 4.78 is 6.51. The molecule has 1 atom stereocenters. The first-order valence-corrected chi connectivity index (χ1v) is 7.86. The van der Waals surface area contributed by atoms with Gasteiger partial charge in [-0.05, 0) is 44.5 Å². The summed E-state index contributed by atoms with van der Waals surface area (Å²) in [6.45, 7) is 10.1. The Morgan fingerprint density at radius 3 is 2.23 bits per heavy atom. The smallest absolute Gasteiger partial charge is 0.248 e. The van der Waals surface area contributed by atoms with Gasteiger partial charge in [-0.25, -0.2) is 0 Å². The molecule has 0 radical (unpaired) electrons. The number of hydrogen-bond acceptors (Lipinski definition) is 4. The molecule has 1 aliphatic heterocycles. The first kappa shape index (κ1) is 16.8. The third kappa shape index (κ3) is 2.48. The molecule has 0 saturated heterocycles. The molecule has 0 bridgehead atoms. The fourth-order valence-electron chi connectivity index (χ4n) is 2.97. The van der Waals surface area contributed by atoms with E-state index in [9.17, 15) is 10.4 Å². The quantitative estimate of drug-likeness (QED) is 0.669. The van der Waals surface area contributed by atoms with Gasteiger partial charge in [-0.3, -0.25) is 0 Å². The largest absolute Gasteiger partial charge is 0.622 e. The number of nitrogens with zero attached hydrogens (tertiary/aromatic N) is 2. The van der Waals surface area contributed by atoms with Crippen LogP contribution in [0, 0.1) is 5.21 Å². The summed E-state index contributed by atoms with van der Waals surface area (Å²) in [5.41, 5.74) is -0.324. The van der Waals surface area contributed by atoms with E-state index in [1.807, 2.05) is 45.0 Å². The summed E-state index contributed by atoms with van der Waals surface area (Å²) in [6.07, 6.45) is 1.48. The van der Waals surface area contributed by atoms with E-state index < -0.39 is 11.2 Å². The van der Waals surface area contributed by atoms with Crippen LogP contribution in [0.2, 0.25) is 0 Å². The average molecular weight is 306 g/mol. The van der Waals surface area contributed by atoms with Crippen molar-refractivity contribution in [2.75, 3.05) is 6.61 Å². The molecule has 0 fully saturated rings. The Bertz CT molecular complexity index is 566. The predicted octanol–water partition coefficient (Wildman–Crippen LogP) is 3.38. The average Bonchev–Trinajstić information content (AvgIpc) is 2.64. The van der Waals surface area contributed by atoms with Gasteiger partial charge in [0.05, 0.1) is 6.61 Å². The monoisotopic (exact) mass is 306 g/mol.